The Hall–Kier alpha value is -2.15. The van der Waals surface area contributed by atoms with E-state index in [0.717, 1.165) is 0 Å². The van der Waals surface area contributed by atoms with Gasteiger partial charge in [-0.1, -0.05) is 12.1 Å². The predicted octanol–water partition coefficient (Wildman–Crippen LogP) is 1.85. The highest BCUT2D eigenvalue weighted by molar-refractivity contribution is 5.92. The molecular formula is C14H19FN2O4. The molecule has 116 valence electrons. The molecule has 1 unspecified atom stereocenters. The van der Waals surface area contributed by atoms with Gasteiger partial charge in [0.25, 0.3) is 0 Å². The van der Waals surface area contributed by atoms with Gasteiger partial charge in [0.1, 0.15) is 5.82 Å². The third kappa shape index (κ3) is 5.03. The molecule has 0 spiro atoms. The minimum absolute atomic E-state index is 0.0343. The highest BCUT2D eigenvalue weighted by Crippen LogP contribution is 2.18. The van der Waals surface area contributed by atoms with Crippen LogP contribution in [0.4, 0.5) is 14.9 Å². The van der Waals surface area contributed by atoms with Gasteiger partial charge in [0.2, 0.25) is 0 Å². The first-order valence-corrected chi connectivity index (χ1v) is 6.54. The first-order valence-electron chi connectivity index (χ1n) is 6.54. The number of benzene rings is 1. The van der Waals surface area contributed by atoms with E-state index in [1.54, 1.807) is 19.1 Å². The molecule has 0 heterocycles. The highest BCUT2D eigenvalue weighted by Gasteiger charge is 2.19. The van der Waals surface area contributed by atoms with Gasteiger partial charge in [-0.05, 0) is 19.1 Å². The average molecular weight is 298 g/mol. The van der Waals surface area contributed by atoms with Crippen LogP contribution in [0.1, 0.15) is 13.3 Å². The molecule has 1 atom stereocenters. The van der Waals surface area contributed by atoms with Crippen LogP contribution >= 0.6 is 0 Å². The summed E-state index contributed by atoms with van der Waals surface area (Å²) in [7, 11) is 1.37. The zero-order chi connectivity index (χ0) is 15.8. The van der Waals surface area contributed by atoms with Crippen LogP contribution < -0.4 is 10.2 Å². The Morgan fingerprint density at radius 3 is 2.62 bits per heavy atom. The van der Waals surface area contributed by atoms with Crippen LogP contribution in [0.25, 0.3) is 0 Å². The maximum absolute atomic E-state index is 13.7. The molecule has 0 radical (unpaired) electrons. The fourth-order valence-electron chi connectivity index (χ4n) is 1.82. The zero-order valence-corrected chi connectivity index (χ0v) is 12.0. The molecule has 2 N–H and O–H groups in total. The summed E-state index contributed by atoms with van der Waals surface area (Å²) in [5.41, 5.74) is 0.171. The lowest BCUT2D eigenvalue weighted by atomic mass is 10.2. The fraction of sp³-hybridized carbons (Fsp3) is 0.429. The van der Waals surface area contributed by atoms with Crippen molar-refractivity contribution >= 4 is 17.7 Å². The maximum atomic E-state index is 13.7. The van der Waals surface area contributed by atoms with Gasteiger partial charge < -0.3 is 15.2 Å². The molecule has 1 aromatic carbocycles. The molecule has 6 nitrogen and oxygen atoms in total. The number of carbonyl (C=O) groups excluding carboxylic acids is 1. The topological polar surface area (TPSA) is 78.9 Å². The second-order valence-corrected chi connectivity index (χ2v) is 4.34. The molecule has 0 aliphatic heterocycles. The van der Waals surface area contributed by atoms with Crippen molar-refractivity contribution in [2.75, 3.05) is 25.1 Å². The summed E-state index contributed by atoms with van der Waals surface area (Å²) in [5.74, 6) is -1.51. The van der Waals surface area contributed by atoms with Crippen LogP contribution in [-0.4, -0.2) is 43.4 Å². The third-order valence-electron chi connectivity index (χ3n) is 2.92. The van der Waals surface area contributed by atoms with Crippen LogP contribution in [0.15, 0.2) is 24.3 Å². The van der Waals surface area contributed by atoms with E-state index in [-0.39, 0.29) is 25.2 Å². The monoisotopic (exact) mass is 298 g/mol. The molecule has 0 saturated heterocycles. The van der Waals surface area contributed by atoms with Crippen LogP contribution in [0.5, 0.6) is 0 Å². The molecule has 2 amide bonds. The summed E-state index contributed by atoms with van der Waals surface area (Å²) >= 11 is 0. The minimum Gasteiger partial charge on any atom is -0.481 e. The number of nitrogens with one attached hydrogen (secondary N) is 1. The SMILES string of the molecule is CCN(C(=O)NCC(CC(=O)O)OC)c1ccccc1F. The van der Waals surface area contributed by atoms with E-state index < -0.39 is 23.9 Å². The molecular weight excluding hydrogens is 279 g/mol. The normalized spacial score (nSPS) is 11.8. The number of carboxylic acid groups (broad SMARTS) is 1. The molecule has 21 heavy (non-hydrogen) atoms. The Morgan fingerprint density at radius 1 is 1.43 bits per heavy atom. The summed E-state index contributed by atoms with van der Waals surface area (Å²) in [6.07, 6.45) is -0.853. The average Bonchev–Trinajstić information content (AvgIpc) is 2.45. The van der Waals surface area contributed by atoms with E-state index in [9.17, 15) is 14.0 Å². The molecule has 1 rings (SSSR count). The number of nitrogens with zero attached hydrogens (tertiary/aromatic N) is 1. The van der Waals surface area contributed by atoms with Gasteiger partial charge >= 0.3 is 12.0 Å². The van der Waals surface area contributed by atoms with Crippen molar-refractivity contribution in [3.63, 3.8) is 0 Å². The molecule has 0 aliphatic rings. The van der Waals surface area contributed by atoms with Crippen LogP contribution in [-0.2, 0) is 9.53 Å². The van der Waals surface area contributed by atoms with Crippen molar-refractivity contribution in [3.05, 3.63) is 30.1 Å². The van der Waals surface area contributed by atoms with E-state index in [1.807, 2.05) is 0 Å². The van der Waals surface area contributed by atoms with Crippen LogP contribution in [0.3, 0.4) is 0 Å². The number of urea groups is 1. The van der Waals surface area contributed by atoms with Gasteiger partial charge in [0, 0.05) is 20.2 Å². The lowest BCUT2D eigenvalue weighted by Gasteiger charge is -2.23. The summed E-state index contributed by atoms with van der Waals surface area (Å²) in [6, 6.07) is 5.45. The molecule has 0 aromatic heterocycles. The second-order valence-electron chi connectivity index (χ2n) is 4.34. The van der Waals surface area contributed by atoms with E-state index in [1.165, 1.54) is 24.1 Å². The quantitative estimate of drug-likeness (QED) is 0.805. The predicted molar refractivity (Wildman–Crippen MR) is 75.9 cm³/mol. The minimum atomic E-state index is -1.02. The Morgan fingerprint density at radius 2 is 2.10 bits per heavy atom. The zero-order valence-electron chi connectivity index (χ0n) is 12.0. The van der Waals surface area contributed by atoms with Crippen molar-refractivity contribution < 1.29 is 23.8 Å². The van der Waals surface area contributed by atoms with E-state index >= 15 is 0 Å². The first kappa shape index (κ1) is 16.9. The van der Waals surface area contributed by atoms with Crippen molar-refractivity contribution in [3.8, 4) is 0 Å². The second kappa shape index (κ2) is 8.21. The third-order valence-corrected chi connectivity index (χ3v) is 2.92. The van der Waals surface area contributed by atoms with Crippen molar-refractivity contribution in [1.29, 1.82) is 0 Å². The highest BCUT2D eigenvalue weighted by atomic mass is 19.1. The van der Waals surface area contributed by atoms with Crippen LogP contribution in [0.2, 0.25) is 0 Å². The standard InChI is InChI=1S/C14H19FN2O4/c1-3-17(12-7-5-4-6-11(12)15)14(20)16-9-10(21-2)8-13(18)19/h4-7,10H,3,8-9H2,1-2H3,(H,16,20)(H,18,19). The summed E-state index contributed by atoms with van der Waals surface area (Å²) in [6.45, 7) is 2.03. The summed E-state index contributed by atoms with van der Waals surface area (Å²) in [4.78, 5) is 23.9. The smallest absolute Gasteiger partial charge is 0.322 e. The fourth-order valence-corrected chi connectivity index (χ4v) is 1.82. The van der Waals surface area contributed by atoms with E-state index in [4.69, 9.17) is 9.84 Å². The first-order chi connectivity index (χ1) is 9.99. The number of amides is 2. The number of ether oxygens (including phenoxy) is 1. The van der Waals surface area contributed by atoms with Crippen molar-refractivity contribution in [1.82, 2.24) is 5.32 Å². The number of rotatable bonds is 7. The van der Waals surface area contributed by atoms with Gasteiger partial charge in [-0.3, -0.25) is 9.69 Å². The number of hydrogen-bond donors (Lipinski definition) is 2. The van der Waals surface area contributed by atoms with Gasteiger partial charge in [0.05, 0.1) is 18.2 Å². The number of hydrogen-bond acceptors (Lipinski definition) is 3. The van der Waals surface area contributed by atoms with Crippen molar-refractivity contribution in [2.45, 2.75) is 19.4 Å². The molecule has 0 bridgehead atoms. The lowest BCUT2D eigenvalue weighted by molar-refractivity contribution is -0.139. The number of anilines is 1. The van der Waals surface area contributed by atoms with E-state index in [0.29, 0.717) is 0 Å². The Balaban J connectivity index is 2.68. The number of aliphatic carboxylic acids is 1. The molecule has 0 aliphatic carbocycles. The van der Waals surface area contributed by atoms with Gasteiger partial charge in [-0.2, -0.15) is 0 Å². The maximum Gasteiger partial charge on any atom is 0.322 e. The lowest BCUT2D eigenvalue weighted by Crippen LogP contribution is -2.44. The van der Waals surface area contributed by atoms with E-state index in [2.05, 4.69) is 5.32 Å². The summed E-state index contributed by atoms with van der Waals surface area (Å²) < 4.78 is 18.7. The Bertz CT molecular complexity index is 496. The number of carboxylic acids is 1. The number of carbonyl (C=O) groups is 2. The van der Waals surface area contributed by atoms with Crippen LogP contribution in [0, 0.1) is 5.82 Å². The Labute approximate surface area is 122 Å². The van der Waals surface area contributed by atoms with Gasteiger partial charge in [0.15, 0.2) is 0 Å². The van der Waals surface area contributed by atoms with Crippen molar-refractivity contribution in [2.24, 2.45) is 0 Å². The summed E-state index contributed by atoms with van der Waals surface area (Å²) in [5, 5.41) is 11.2. The van der Waals surface area contributed by atoms with Gasteiger partial charge in [-0.15, -0.1) is 0 Å². The molecule has 1 aromatic rings. The van der Waals surface area contributed by atoms with Gasteiger partial charge in [-0.25, -0.2) is 9.18 Å². The molecule has 0 fully saturated rings. The molecule has 7 heteroatoms. The number of methoxy groups -OCH3 is 1. The number of para-hydroxylation sites is 1. The Kier molecular flexibility index (Phi) is 6.61. The molecule has 0 saturated carbocycles. The number of halogens is 1. The largest absolute Gasteiger partial charge is 0.481 e.